The fraction of sp³-hybridized carbons (Fsp3) is 0.381. The van der Waals surface area contributed by atoms with Gasteiger partial charge < -0.3 is 14.4 Å². The number of imidazole rings is 1. The number of nitrogens with zero attached hydrogens (tertiary/aromatic N) is 5. The molecule has 0 N–H and O–H groups in total. The number of carbonyl (C=O) groups is 1. The zero-order valence-electron chi connectivity index (χ0n) is 15.8. The van der Waals surface area contributed by atoms with Gasteiger partial charge in [-0.1, -0.05) is 12.1 Å². The molecule has 2 aliphatic heterocycles. The van der Waals surface area contributed by atoms with Gasteiger partial charge in [0.25, 0.3) is 5.91 Å². The van der Waals surface area contributed by atoms with Crippen molar-refractivity contribution in [2.45, 2.75) is 13.5 Å². The number of hydrogen-bond donors (Lipinski definition) is 0. The van der Waals surface area contributed by atoms with Crippen molar-refractivity contribution < 1.29 is 9.18 Å². The Hall–Kier alpha value is -2.96. The van der Waals surface area contributed by atoms with Gasteiger partial charge in [-0.15, -0.1) is 0 Å². The summed E-state index contributed by atoms with van der Waals surface area (Å²) >= 11 is 0. The van der Waals surface area contributed by atoms with Crippen molar-refractivity contribution in [2.75, 3.05) is 31.1 Å². The molecule has 5 rings (SSSR count). The Labute approximate surface area is 162 Å². The Balaban J connectivity index is 1.33. The molecule has 0 aliphatic carbocycles. The highest BCUT2D eigenvalue weighted by Gasteiger charge is 2.43. The van der Waals surface area contributed by atoms with Gasteiger partial charge >= 0.3 is 0 Å². The summed E-state index contributed by atoms with van der Waals surface area (Å²) in [5.74, 6) is 1.24. The number of aromatic nitrogens is 3. The molecule has 3 aromatic rings. The van der Waals surface area contributed by atoms with Crippen molar-refractivity contribution in [1.82, 2.24) is 19.4 Å². The molecule has 7 heteroatoms. The van der Waals surface area contributed by atoms with Crippen LogP contribution in [0.15, 0.2) is 42.7 Å². The number of anilines is 1. The fourth-order valence-electron chi connectivity index (χ4n) is 4.65. The molecule has 1 amide bonds. The predicted octanol–water partition coefficient (Wildman–Crippen LogP) is 2.80. The molecule has 1 aromatic carbocycles. The zero-order chi connectivity index (χ0) is 19.3. The van der Waals surface area contributed by atoms with E-state index >= 15 is 0 Å². The Bertz CT molecular complexity index is 1030. The molecule has 0 bridgehead atoms. The quantitative estimate of drug-likeness (QED) is 0.702. The number of carbonyl (C=O) groups excluding carboxylic acids is 1. The minimum absolute atomic E-state index is 0.131. The number of rotatable bonds is 3. The van der Waals surface area contributed by atoms with Crippen LogP contribution >= 0.6 is 0 Å². The standard InChI is InChI=1S/C21H22FN5O/c1-2-27-19-6-4-3-5-18(19)24-21(27)26-12-15-10-25(11-16(15)13-26)20(28)14-7-17(22)9-23-8-14/h3-9,15-16H,2,10-13H2,1H3. The van der Waals surface area contributed by atoms with Gasteiger partial charge in [-0.25, -0.2) is 9.37 Å². The first-order valence-electron chi connectivity index (χ1n) is 9.74. The summed E-state index contributed by atoms with van der Waals surface area (Å²) in [5, 5.41) is 0. The van der Waals surface area contributed by atoms with E-state index in [1.807, 2.05) is 17.0 Å². The van der Waals surface area contributed by atoms with E-state index in [4.69, 9.17) is 4.98 Å². The van der Waals surface area contributed by atoms with Gasteiger partial charge in [0, 0.05) is 50.8 Å². The summed E-state index contributed by atoms with van der Waals surface area (Å²) in [6, 6.07) is 9.49. The number of para-hydroxylation sites is 2. The van der Waals surface area contributed by atoms with E-state index in [1.165, 1.54) is 12.3 Å². The van der Waals surface area contributed by atoms with Gasteiger partial charge in [0.1, 0.15) is 5.82 Å². The summed E-state index contributed by atoms with van der Waals surface area (Å²) in [6.07, 6.45) is 2.56. The van der Waals surface area contributed by atoms with Crippen molar-refractivity contribution in [3.63, 3.8) is 0 Å². The molecule has 0 saturated carbocycles. The van der Waals surface area contributed by atoms with Crippen molar-refractivity contribution >= 4 is 22.9 Å². The normalized spacial score (nSPS) is 21.5. The average molecular weight is 379 g/mol. The number of benzene rings is 1. The first-order valence-corrected chi connectivity index (χ1v) is 9.74. The third-order valence-electron chi connectivity index (χ3n) is 5.96. The number of aryl methyl sites for hydroxylation is 1. The van der Waals surface area contributed by atoms with E-state index < -0.39 is 5.82 Å². The lowest BCUT2D eigenvalue weighted by Crippen LogP contribution is -2.34. The van der Waals surface area contributed by atoms with Crippen LogP contribution in [0.2, 0.25) is 0 Å². The van der Waals surface area contributed by atoms with Gasteiger partial charge in [-0.3, -0.25) is 9.78 Å². The third-order valence-corrected chi connectivity index (χ3v) is 5.96. The van der Waals surface area contributed by atoms with Crippen LogP contribution in [-0.4, -0.2) is 51.5 Å². The first kappa shape index (κ1) is 17.2. The number of amides is 1. The Morgan fingerprint density at radius 1 is 1.14 bits per heavy atom. The number of halogens is 1. The molecule has 2 aliphatic rings. The van der Waals surface area contributed by atoms with Gasteiger partial charge in [0.2, 0.25) is 5.95 Å². The SMILES string of the molecule is CCn1c(N2CC3CN(C(=O)c4cncc(F)c4)CC3C2)nc2ccccc21. The zero-order valence-corrected chi connectivity index (χ0v) is 15.8. The van der Waals surface area contributed by atoms with Crippen LogP contribution < -0.4 is 4.90 Å². The molecule has 2 saturated heterocycles. The number of fused-ring (bicyclic) bond motifs is 2. The Morgan fingerprint density at radius 3 is 2.61 bits per heavy atom. The van der Waals surface area contributed by atoms with Gasteiger partial charge in [0.05, 0.1) is 22.8 Å². The molecular formula is C21H22FN5O. The maximum absolute atomic E-state index is 13.4. The van der Waals surface area contributed by atoms with Gasteiger partial charge in [0.15, 0.2) is 0 Å². The molecule has 2 aromatic heterocycles. The first-order chi connectivity index (χ1) is 13.6. The molecule has 0 radical (unpaired) electrons. The molecule has 4 heterocycles. The van der Waals surface area contributed by atoms with E-state index in [0.717, 1.165) is 42.8 Å². The van der Waals surface area contributed by atoms with Crippen LogP contribution in [0, 0.1) is 17.7 Å². The summed E-state index contributed by atoms with van der Waals surface area (Å²) in [7, 11) is 0. The highest BCUT2D eigenvalue weighted by molar-refractivity contribution is 5.94. The maximum atomic E-state index is 13.4. The minimum Gasteiger partial charge on any atom is -0.342 e. The maximum Gasteiger partial charge on any atom is 0.255 e. The van der Waals surface area contributed by atoms with Crippen LogP contribution in [0.1, 0.15) is 17.3 Å². The van der Waals surface area contributed by atoms with Crippen LogP contribution in [0.25, 0.3) is 11.0 Å². The highest BCUT2D eigenvalue weighted by atomic mass is 19.1. The van der Waals surface area contributed by atoms with Crippen LogP contribution in [0.5, 0.6) is 0 Å². The Kier molecular flexibility index (Phi) is 4.03. The summed E-state index contributed by atoms with van der Waals surface area (Å²) < 4.78 is 15.7. The highest BCUT2D eigenvalue weighted by Crippen LogP contribution is 2.35. The van der Waals surface area contributed by atoms with Crippen molar-refractivity contribution in [3.8, 4) is 0 Å². The largest absolute Gasteiger partial charge is 0.342 e. The number of hydrogen-bond acceptors (Lipinski definition) is 4. The third kappa shape index (κ3) is 2.73. The second kappa shape index (κ2) is 6.58. The summed E-state index contributed by atoms with van der Waals surface area (Å²) in [6.45, 7) is 6.19. The second-order valence-corrected chi connectivity index (χ2v) is 7.67. The predicted molar refractivity (Wildman–Crippen MR) is 105 cm³/mol. The lowest BCUT2D eigenvalue weighted by atomic mass is 10.0. The van der Waals surface area contributed by atoms with Crippen LogP contribution in [0.4, 0.5) is 10.3 Å². The molecule has 6 nitrogen and oxygen atoms in total. The molecule has 2 fully saturated rings. The summed E-state index contributed by atoms with van der Waals surface area (Å²) in [4.78, 5) is 25.5. The van der Waals surface area contributed by atoms with E-state index in [-0.39, 0.29) is 5.91 Å². The van der Waals surface area contributed by atoms with Crippen molar-refractivity contribution in [2.24, 2.45) is 11.8 Å². The second-order valence-electron chi connectivity index (χ2n) is 7.67. The molecule has 2 unspecified atom stereocenters. The molecule has 144 valence electrons. The van der Waals surface area contributed by atoms with Crippen molar-refractivity contribution in [3.05, 3.63) is 54.1 Å². The monoisotopic (exact) mass is 379 g/mol. The van der Waals surface area contributed by atoms with Crippen LogP contribution in [0.3, 0.4) is 0 Å². The van der Waals surface area contributed by atoms with Gasteiger partial charge in [-0.2, -0.15) is 0 Å². The van der Waals surface area contributed by atoms with E-state index in [9.17, 15) is 9.18 Å². The van der Waals surface area contributed by atoms with E-state index in [2.05, 4.69) is 33.5 Å². The van der Waals surface area contributed by atoms with E-state index in [1.54, 1.807) is 0 Å². The van der Waals surface area contributed by atoms with Crippen molar-refractivity contribution in [1.29, 1.82) is 0 Å². The van der Waals surface area contributed by atoms with Gasteiger partial charge in [-0.05, 0) is 25.1 Å². The molecule has 2 atom stereocenters. The topological polar surface area (TPSA) is 54.3 Å². The Morgan fingerprint density at radius 2 is 1.89 bits per heavy atom. The average Bonchev–Trinajstić information content (AvgIpc) is 3.37. The molecule has 0 spiro atoms. The smallest absolute Gasteiger partial charge is 0.255 e. The number of likely N-dealkylation sites (tertiary alicyclic amines) is 1. The number of pyridine rings is 1. The van der Waals surface area contributed by atoms with E-state index in [0.29, 0.717) is 30.5 Å². The van der Waals surface area contributed by atoms with Crippen LogP contribution in [-0.2, 0) is 6.54 Å². The molecular weight excluding hydrogens is 357 g/mol. The minimum atomic E-state index is -0.477. The summed E-state index contributed by atoms with van der Waals surface area (Å²) in [5.41, 5.74) is 2.50. The fourth-order valence-corrected chi connectivity index (χ4v) is 4.65. The molecule has 28 heavy (non-hydrogen) atoms. The lowest BCUT2D eigenvalue weighted by Gasteiger charge is -2.23. The lowest BCUT2D eigenvalue weighted by molar-refractivity contribution is 0.0781.